The lowest BCUT2D eigenvalue weighted by Crippen LogP contribution is -2.46. The number of benzene rings is 3. The van der Waals surface area contributed by atoms with Crippen LogP contribution in [-0.4, -0.2) is 59.9 Å². The van der Waals surface area contributed by atoms with Gasteiger partial charge in [0.1, 0.15) is 5.75 Å². The smallest absolute Gasteiger partial charge is 0.230 e. The zero-order chi connectivity index (χ0) is 40.7. The topological polar surface area (TPSA) is 164 Å². The average Bonchev–Trinajstić information content (AvgIpc) is 3.78. The Morgan fingerprint density at radius 1 is 0.966 bits per heavy atom. The highest BCUT2D eigenvalue weighted by atomic mass is 32.1. The number of ether oxygens (including phenoxy) is 1. The zero-order valence-electron chi connectivity index (χ0n) is 32.9. The lowest BCUT2D eigenvalue weighted by Gasteiger charge is -2.25. The molecule has 0 radical (unpaired) electrons. The Balaban J connectivity index is 0.806. The fourth-order valence-electron chi connectivity index (χ4n) is 8.25. The summed E-state index contributed by atoms with van der Waals surface area (Å²) in [6.45, 7) is 8.02. The summed E-state index contributed by atoms with van der Waals surface area (Å²) >= 11 is 1.44. The predicted octanol–water partition coefficient (Wildman–Crippen LogP) is 6.94. The summed E-state index contributed by atoms with van der Waals surface area (Å²) in [4.78, 5) is 84.5. The molecule has 4 aliphatic rings. The minimum atomic E-state index is -1.11. The first kappa shape index (κ1) is 39.2. The summed E-state index contributed by atoms with van der Waals surface area (Å²) in [6.07, 6.45) is 4.75. The Bertz CT molecular complexity index is 2350. The maximum absolute atomic E-state index is 13.5. The van der Waals surface area contributed by atoms with Crippen molar-refractivity contribution in [3.63, 3.8) is 0 Å². The highest BCUT2D eigenvalue weighted by molar-refractivity contribution is 7.16. The predicted molar refractivity (Wildman–Crippen MR) is 221 cm³/mol. The van der Waals surface area contributed by atoms with Crippen LogP contribution in [0.15, 0.2) is 60.7 Å². The van der Waals surface area contributed by atoms with Crippen molar-refractivity contribution in [2.75, 3.05) is 35.2 Å². The van der Waals surface area contributed by atoms with E-state index >= 15 is 0 Å². The lowest BCUT2D eigenvalue weighted by molar-refractivity contribution is -0.137. The molecule has 1 saturated carbocycles. The number of aromatic nitrogens is 1. The molecule has 2 aliphatic carbocycles. The number of nitrogens with zero attached hydrogens (tertiary/aromatic N) is 2. The Labute approximate surface area is 341 Å². The highest BCUT2D eigenvalue weighted by Crippen LogP contribution is 2.41. The first-order valence-corrected chi connectivity index (χ1v) is 20.9. The van der Waals surface area contributed by atoms with Crippen molar-refractivity contribution in [2.24, 2.45) is 23.2 Å². The number of carbonyl (C=O) groups is 6. The van der Waals surface area contributed by atoms with E-state index < -0.39 is 17.7 Å². The number of aryl methyl sites for hydroxylation is 1. The summed E-state index contributed by atoms with van der Waals surface area (Å²) in [5.74, 6) is -2.72. The van der Waals surface area contributed by atoms with Gasteiger partial charge in [-0.15, -0.1) is 11.3 Å². The van der Waals surface area contributed by atoms with Crippen LogP contribution < -0.4 is 25.6 Å². The van der Waals surface area contributed by atoms with Crippen molar-refractivity contribution in [3.8, 4) is 17.0 Å². The summed E-state index contributed by atoms with van der Waals surface area (Å²) in [5.41, 5.74) is 5.85. The molecule has 2 unspecified atom stereocenters. The fraction of sp³-hybridized carbons (Fsp3) is 0.400. The van der Waals surface area contributed by atoms with E-state index in [9.17, 15) is 28.8 Å². The molecule has 13 heteroatoms. The zero-order valence-corrected chi connectivity index (χ0v) is 33.8. The van der Waals surface area contributed by atoms with Gasteiger partial charge < -0.3 is 20.3 Å². The van der Waals surface area contributed by atoms with Crippen molar-refractivity contribution in [3.05, 3.63) is 87.8 Å². The van der Waals surface area contributed by atoms with Gasteiger partial charge in [0.05, 0.1) is 36.1 Å². The number of amides is 4. The second-order valence-electron chi connectivity index (χ2n) is 16.6. The number of hydrogen-bond acceptors (Lipinski definition) is 10. The van der Waals surface area contributed by atoms with Crippen LogP contribution in [0.2, 0.25) is 0 Å². The molecular formula is C45H47N5O7S. The van der Waals surface area contributed by atoms with Crippen LogP contribution in [0, 0.1) is 30.1 Å². The first-order valence-electron chi connectivity index (χ1n) is 20.1. The fourth-order valence-corrected chi connectivity index (χ4v) is 9.10. The van der Waals surface area contributed by atoms with Crippen LogP contribution in [0.4, 0.5) is 16.5 Å². The third kappa shape index (κ3) is 8.18. The highest BCUT2D eigenvalue weighted by Gasteiger charge is 2.48. The van der Waals surface area contributed by atoms with E-state index in [0.717, 1.165) is 71.6 Å². The normalized spacial score (nSPS) is 18.8. The lowest BCUT2D eigenvalue weighted by atomic mass is 9.82. The molecule has 2 fully saturated rings. The number of ketones is 2. The van der Waals surface area contributed by atoms with Crippen LogP contribution in [0.1, 0.15) is 89.1 Å². The molecule has 0 spiro atoms. The molecule has 3 N–H and O–H groups in total. The molecule has 2 atom stereocenters. The minimum Gasteiger partial charge on any atom is -0.494 e. The van der Waals surface area contributed by atoms with Crippen LogP contribution in [0.3, 0.4) is 0 Å². The summed E-state index contributed by atoms with van der Waals surface area (Å²) < 4.78 is 6.13. The maximum Gasteiger partial charge on any atom is 0.230 e. The average molecular weight is 802 g/mol. The van der Waals surface area contributed by atoms with Crippen LogP contribution >= 0.6 is 11.3 Å². The van der Waals surface area contributed by atoms with Crippen LogP contribution in [0.25, 0.3) is 11.3 Å². The number of Topliss-reactive ketones (excluding diaryl/α,β-unsaturated/α-hetero) is 2. The van der Waals surface area contributed by atoms with Gasteiger partial charge in [0, 0.05) is 52.8 Å². The van der Waals surface area contributed by atoms with Gasteiger partial charge in [0.15, 0.2) is 16.7 Å². The van der Waals surface area contributed by atoms with E-state index in [2.05, 4.69) is 35.9 Å². The van der Waals surface area contributed by atoms with Crippen molar-refractivity contribution >= 4 is 63.0 Å². The van der Waals surface area contributed by atoms with Crippen LogP contribution in [-0.2, 0) is 32.0 Å². The van der Waals surface area contributed by atoms with Crippen molar-refractivity contribution in [2.45, 2.75) is 72.1 Å². The molecule has 58 heavy (non-hydrogen) atoms. The van der Waals surface area contributed by atoms with Crippen molar-refractivity contribution in [1.29, 1.82) is 0 Å². The molecule has 1 saturated heterocycles. The number of fused-ring (bicyclic) bond motifs is 2. The summed E-state index contributed by atoms with van der Waals surface area (Å²) in [6, 6.07) is 18.8. The van der Waals surface area contributed by atoms with Gasteiger partial charge in [-0.2, -0.15) is 0 Å². The standard InChI is InChI=1S/C45H47N5O7S/c1-25-39(29-12-14-34-28(24-29)16-20-50(34)43(56)27-10-11-27)49-44(58-25)48-36(52)23-26-6-4-7-30(22-26)57-21-18-45(2,3)17-19-46-33-9-5-8-31-37(33)41(54)38(40(31)53)32-13-15-35(51)47-42(32)55/h4-9,12,14,22,24,27,32,38,46H,10-11,13,15-21,23H2,1-3H3,(H,47,51,55)(H,48,49,52). The van der Waals surface area contributed by atoms with Gasteiger partial charge in [0.2, 0.25) is 23.6 Å². The molecule has 12 nitrogen and oxygen atoms in total. The molecule has 1 aromatic heterocycles. The molecule has 4 amide bonds. The molecule has 4 aromatic rings. The summed E-state index contributed by atoms with van der Waals surface area (Å²) in [7, 11) is 0. The molecule has 3 heterocycles. The number of nitrogens with one attached hydrogen (secondary N) is 3. The third-order valence-corrected chi connectivity index (χ3v) is 12.6. The van der Waals surface area contributed by atoms with E-state index in [0.29, 0.717) is 40.8 Å². The van der Waals surface area contributed by atoms with Gasteiger partial charge in [-0.1, -0.05) is 44.2 Å². The Kier molecular flexibility index (Phi) is 10.7. The van der Waals surface area contributed by atoms with E-state index in [4.69, 9.17) is 9.72 Å². The molecule has 3 aromatic carbocycles. The molecule has 300 valence electrons. The monoisotopic (exact) mass is 801 g/mol. The second-order valence-corrected chi connectivity index (χ2v) is 17.8. The van der Waals surface area contributed by atoms with Crippen molar-refractivity contribution < 1.29 is 33.5 Å². The SMILES string of the molecule is Cc1sc(NC(=O)Cc2cccc(OCCC(C)(C)CCNc3cccc4c3C(=O)C(C3CCC(=O)NC3=O)C4=O)c2)nc1-c1ccc2c(c1)CCN2C(=O)C1CC1. The molecule has 2 aliphatic heterocycles. The number of imide groups is 1. The number of anilines is 3. The Hall–Kier alpha value is -5.69. The van der Waals surface area contributed by atoms with E-state index in [1.807, 2.05) is 48.2 Å². The quantitative estimate of drug-likeness (QED) is 0.0905. The molecule has 8 rings (SSSR count). The van der Waals surface area contributed by atoms with E-state index in [-0.39, 0.29) is 59.9 Å². The first-order chi connectivity index (χ1) is 27.8. The number of piperidine rings is 1. The van der Waals surface area contributed by atoms with Crippen molar-refractivity contribution in [1.82, 2.24) is 10.3 Å². The Morgan fingerprint density at radius 3 is 2.57 bits per heavy atom. The molecule has 0 bridgehead atoms. The minimum absolute atomic E-state index is 0.106. The van der Waals surface area contributed by atoms with Crippen LogP contribution in [0.5, 0.6) is 5.75 Å². The van der Waals surface area contributed by atoms with Gasteiger partial charge in [0.25, 0.3) is 0 Å². The maximum atomic E-state index is 13.5. The van der Waals surface area contributed by atoms with Gasteiger partial charge in [-0.25, -0.2) is 4.98 Å². The van der Waals surface area contributed by atoms with Gasteiger partial charge in [-0.3, -0.25) is 34.1 Å². The Morgan fingerprint density at radius 2 is 1.78 bits per heavy atom. The number of hydrogen-bond donors (Lipinski definition) is 3. The molecular weight excluding hydrogens is 755 g/mol. The number of carbonyl (C=O) groups excluding carboxylic acids is 6. The number of rotatable bonds is 14. The second kappa shape index (κ2) is 15.9. The third-order valence-electron chi connectivity index (χ3n) is 11.7. The largest absolute Gasteiger partial charge is 0.494 e. The number of thiazole rings is 1. The van der Waals surface area contributed by atoms with Gasteiger partial charge >= 0.3 is 0 Å². The van der Waals surface area contributed by atoms with E-state index in [1.54, 1.807) is 18.2 Å². The summed E-state index contributed by atoms with van der Waals surface area (Å²) in [5, 5.41) is 9.14. The van der Waals surface area contributed by atoms with Gasteiger partial charge in [-0.05, 0) is 92.3 Å². The van der Waals surface area contributed by atoms with E-state index in [1.165, 1.54) is 11.3 Å².